The monoisotopic (exact) mass is 242 g/mol. The number of hydrogen-bond acceptors (Lipinski definition) is 3. The fraction of sp³-hybridized carbons (Fsp3) is 0.0714. The predicted molar refractivity (Wildman–Crippen MR) is 68.4 cm³/mol. The molecule has 3 heteroatoms. The Morgan fingerprint density at radius 2 is 2.18 bits per heavy atom. The van der Waals surface area contributed by atoms with Gasteiger partial charge in [0.15, 0.2) is 5.76 Å². The van der Waals surface area contributed by atoms with Crippen LogP contribution in [0.2, 0.25) is 0 Å². The molecule has 1 aliphatic heterocycles. The summed E-state index contributed by atoms with van der Waals surface area (Å²) in [5.74, 6) is 1.04. The second-order valence-corrected chi connectivity index (χ2v) is 4.93. The third-order valence-electron chi connectivity index (χ3n) is 2.64. The molecular formula is C14H10O2S. The number of ether oxygens (including phenoxy) is 1. The Morgan fingerprint density at radius 1 is 1.29 bits per heavy atom. The summed E-state index contributed by atoms with van der Waals surface area (Å²) in [5, 5.41) is 1.98. The first-order valence-electron chi connectivity index (χ1n) is 5.32. The second kappa shape index (κ2) is 3.86. The van der Waals surface area contributed by atoms with E-state index >= 15 is 0 Å². The van der Waals surface area contributed by atoms with E-state index in [2.05, 4.69) is 0 Å². The molecule has 1 aromatic carbocycles. The zero-order valence-electron chi connectivity index (χ0n) is 9.27. The van der Waals surface area contributed by atoms with Crippen molar-refractivity contribution in [2.45, 2.75) is 6.92 Å². The highest BCUT2D eigenvalue weighted by atomic mass is 32.1. The molecule has 3 rings (SSSR count). The summed E-state index contributed by atoms with van der Waals surface area (Å²) in [6, 6.07) is 9.57. The lowest BCUT2D eigenvalue weighted by molar-refractivity contribution is 0.101. The largest absolute Gasteiger partial charge is 0.452 e. The van der Waals surface area contributed by atoms with Crippen molar-refractivity contribution in [2.24, 2.45) is 0 Å². The molecule has 0 N–H and O–H groups in total. The maximum Gasteiger partial charge on any atom is 0.232 e. The van der Waals surface area contributed by atoms with Crippen molar-refractivity contribution in [3.63, 3.8) is 0 Å². The van der Waals surface area contributed by atoms with Gasteiger partial charge < -0.3 is 4.74 Å². The van der Waals surface area contributed by atoms with Gasteiger partial charge in [0.25, 0.3) is 0 Å². The number of ketones is 1. The van der Waals surface area contributed by atoms with Crippen LogP contribution in [-0.2, 0) is 0 Å². The van der Waals surface area contributed by atoms with Gasteiger partial charge in [0.2, 0.25) is 5.78 Å². The molecule has 0 fully saturated rings. The van der Waals surface area contributed by atoms with Gasteiger partial charge in [-0.05, 0) is 30.5 Å². The number of fused-ring (bicyclic) bond motifs is 1. The minimum atomic E-state index is -0.0305. The van der Waals surface area contributed by atoms with Gasteiger partial charge in [-0.15, -0.1) is 11.3 Å². The molecule has 2 heterocycles. The fourth-order valence-corrected chi connectivity index (χ4v) is 2.45. The van der Waals surface area contributed by atoms with Gasteiger partial charge in [-0.25, -0.2) is 0 Å². The SMILES string of the molecule is Cc1ccc2c(c1)C(=O)/C(=C/c1cccs1)O2. The minimum Gasteiger partial charge on any atom is -0.452 e. The molecule has 0 spiro atoms. The topological polar surface area (TPSA) is 26.3 Å². The molecule has 1 aliphatic rings. The Morgan fingerprint density at radius 3 is 2.94 bits per heavy atom. The van der Waals surface area contributed by atoms with Crippen molar-refractivity contribution in [2.75, 3.05) is 0 Å². The Bertz CT molecular complexity index is 609. The van der Waals surface area contributed by atoms with Crippen molar-refractivity contribution >= 4 is 23.2 Å². The molecule has 0 amide bonds. The molecule has 1 aromatic heterocycles. The number of benzene rings is 1. The summed E-state index contributed by atoms with van der Waals surface area (Å²) in [7, 11) is 0. The fourth-order valence-electron chi connectivity index (χ4n) is 1.81. The van der Waals surface area contributed by atoms with Crippen LogP contribution >= 0.6 is 11.3 Å². The molecule has 84 valence electrons. The molecule has 0 unspecified atom stereocenters. The van der Waals surface area contributed by atoms with Gasteiger partial charge in [-0.1, -0.05) is 17.7 Å². The first-order chi connectivity index (χ1) is 8.24. The Kier molecular flexibility index (Phi) is 2.34. The summed E-state index contributed by atoms with van der Waals surface area (Å²) >= 11 is 1.59. The van der Waals surface area contributed by atoms with Crippen LogP contribution in [0.1, 0.15) is 20.8 Å². The van der Waals surface area contributed by atoms with Gasteiger partial charge in [0, 0.05) is 11.0 Å². The van der Waals surface area contributed by atoms with Gasteiger partial charge in [-0.2, -0.15) is 0 Å². The van der Waals surface area contributed by atoms with E-state index in [1.807, 2.05) is 42.6 Å². The maximum absolute atomic E-state index is 12.1. The highest BCUT2D eigenvalue weighted by Crippen LogP contribution is 2.32. The molecule has 0 saturated heterocycles. The van der Waals surface area contributed by atoms with Crippen LogP contribution < -0.4 is 4.74 Å². The normalized spacial score (nSPS) is 16.1. The molecule has 0 bridgehead atoms. The highest BCUT2D eigenvalue weighted by molar-refractivity contribution is 7.10. The number of carbonyl (C=O) groups excluding carboxylic acids is 1. The molecule has 0 aliphatic carbocycles. The Balaban J connectivity index is 2.02. The van der Waals surface area contributed by atoms with Crippen molar-refractivity contribution in [3.8, 4) is 5.75 Å². The predicted octanol–water partition coefficient (Wildman–Crippen LogP) is 3.67. The lowest BCUT2D eigenvalue weighted by Gasteiger charge is -1.97. The summed E-state index contributed by atoms with van der Waals surface area (Å²) in [4.78, 5) is 13.1. The van der Waals surface area contributed by atoms with Crippen molar-refractivity contribution in [3.05, 3.63) is 57.5 Å². The average molecular weight is 242 g/mol. The van der Waals surface area contributed by atoms with Gasteiger partial charge in [-0.3, -0.25) is 4.79 Å². The summed E-state index contributed by atoms with van der Waals surface area (Å²) in [6.45, 7) is 1.97. The summed E-state index contributed by atoms with van der Waals surface area (Å²) in [6.07, 6.45) is 1.79. The first kappa shape index (κ1) is 10.3. The van der Waals surface area contributed by atoms with E-state index in [-0.39, 0.29) is 5.78 Å². The number of rotatable bonds is 1. The molecule has 0 atom stereocenters. The van der Waals surface area contributed by atoms with Crippen molar-refractivity contribution < 1.29 is 9.53 Å². The maximum atomic E-state index is 12.1. The lowest BCUT2D eigenvalue weighted by atomic mass is 10.1. The van der Waals surface area contributed by atoms with E-state index in [9.17, 15) is 4.79 Å². The minimum absolute atomic E-state index is 0.0305. The molecule has 2 nitrogen and oxygen atoms in total. The van der Waals surface area contributed by atoms with Crippen molar-refractivity contribution in [1.82, 2.24) is 0 Å². The van der Waals surface area contributed by atoms with Crippen molar-refractivity contribution in [1.29, 1.82) is 0 Å². The first-order valence-corrected chi connectivity index (χ1v) is 6.20. The Hall–Kier alpha value is -1.87. The highest BCUT2D eigenvalue weighted by Gasteiger charge is 2.27. The van der Waals surface area contributed by atoms with Crippen LogP contribution in [0.5, 0.6) is 5.75 Å². The molecule has 2 aromatic rings. The third-order valence-corrected chi connectivity index (χ3v) is 3.46. The summed E-state index contributed by atoms with van der Waals surface area (Å²) in [5.41, 5.74) is 1.73. The van der Waals surface area contributed by atoms with Gasteiger partial charge in [0.1, 0.15) is 5.75 Å². The van der Waals surface area contributed by atoms with E-state index < -0.39 is 0 Å². The zero-order chi connectivity index (χ0) is 11.8. The molecule has 17 heavy (non-hydrogen) atoms. The van der Waals surface area contributed by atoms with Crippen LogP contribution in [0.4, 0.5) is 0 Å². The number of hydrogen-bond donors (Lipinski definition) is 0. The lowest BCUT2D eigenvalue weighted by Crippen LogP contribution is -1.97. The van der Waals surface area contributed by atoms with Crippen LogP contribution in [0.3, 0.4) is 0 Å². The zero-order valence-corrected chi connectivity index (χ0v) is 10.1. The smallest absolute Gasteiger partial charge is 0.232 e. The second-order valence-electron chi connectivity index (χ2n) is 3.95. The van der Waals surface area contributed by atoms with E-state index in [0.717, 1.165) is 10.4 Å². The number of thiophene rings is 1. The third kappa shape index (κ3) is 1.78. The van der Waals surface area contributed by atoms with Crippen LogP contribution in [0.25, 0.3) is 6.08 Å². The van der Waals surface area contributed by atoms with E-state index in [1.165, 1.54) is 0 Å². The van der Waals surface area contributed by atoms with E-state index in [1.54, 1.807) is 17.4 Å². The van der Waals surface area contributed by atoms with Crippen LogP contribution in [0.15, 0.2) is 41.5 Å². The van der Waals surface area contributed by atoms with Crippen LogP contribution in [0, 0.1) is 6.92 Å². The molecule has 0 radical (unpaired) electrons. The van der Waals surface area contributed by atoms with E-state index in [4.69, 9.17) is 4.74 Å². The van der Waals surface area contributed by atoms with Gasteiger partial charge >= 0.3 is 0 Å². The number of Topliss-reactive ketones (excluding diaryl/α,β-unsaturated/α-hetero) is 1. The van der Waals surface area contributed by atoms with Crippen LogP contribution in [-0.4, -0.2) is 5.78 Å². The quantitative estimate of drug-likeness (QED) is 0.713. The molecular weight excluding hydrogens is 232 g/mol. The van der Waals surface area contributed by atoms with E-state index in [0.29, 0.717) is 17.1 Å². The number of aryl methyl sites for hydroxylation is 1. The van der Waals surface area contributed by atoms with Gasteiger partial charge in [0.05, 0.1) is 5.56 Å². The number of allylic oxidation sites excluding steroid dienone is 1. The summed E-state index contributed by atoms with van der Waals surface area (Å²) < 4.78 is 5.57. The standard InChI is InChI=1S/C14H10O2S/c1-9-4-5-12-11(7-9)14(15)13(16-12)8-10-3-2-6-17-10/h2-8H,1H3/b13-8-. The molecule has 0 saturated carbocycles. The average Bonchev–Trinajstić information content (AvgIpc) is 2.91. The Labute approximate surface area is 103 Å². The number of carbonyl (C=O) groups is 1.